The van der Waals surface area contributed by atoms with Gasteiger partial charge in [0, 0.05) is 12.8 Å². The van der Waals surface area contributed by atoms with E-state index in [0.29, 0.717) is 17.4 Å². The zero-order valence-electron chi connectivity index (χ0n) is 41.4. The highest BCUT2D eigenvalue weighted by atomic mass is 31.2. The van der Waals surface area contributed by atoms with Gasteiger partial charge in [0.05, 0.1) is 27.7 Å². The van der Waals surface area contributed by atoms with Crippen molar-refractivity contribution in [3.05, 3.63) is 24.3 Å². The first-order valence-electron chi connectivity index (χ1n) is 26.1. The number of nitrogens with zero attached hydrogens (tertiary/aromatic N) is 1. The van der Waals surface area contributed by atoms with Crippen molar-refractivity contribution in [1.82, 2.24) is 0 Å². The summed E-state index contributed by atoms with van der Waals surface area (Å²) in [6, 6.07) is 0. The van der Waals surface area contributed by atoms with Crippen molar-refractivity contribution in [3.8, 4) is 0 Å². The number of carbonyl (C=O) groups excluding carboxylic acids is 2. The molecule has 62 heavy (non-hydrogen) atoms. The minimum absolute atomic E-state index is 0.0281. The molecule has 1 unspecified atom stereocenters. The van der Waals surface area contributed by atoms with Gasteiger partial charge in [-0.15, -0.1) is 0 Å². The Morgan fingerprint density at radius 1 is 0.484 bits per heavy atom. The van der Waals surface area contributed by atoms with Crippen LogP contribution in [0.3, 0.4) is 0 Å². The number of unbranched alkanes of at least 4 members (excludes halogenated alkanes) is 30. The number of quaternary nitrogens is 1. The van der Waals surface area contributed by atoms with Gasteiger partial charge < -0.3 is 18.9 Å². The van der Waals surface area contributed by atoms with E-state index in [1.165, 1.54) is 173 Å². The standard InChI is InChI=1S/C52H100NO8P/c1-6-8-10-12-14-16-18-20-22-23-24-25-26-27-28-29-31-33-35-37-39-41-43-45-52(55)61-50(49-60-62(56,57)59-47-46-53(3,4)5)48-58-51(54)44-42-40-38-36-34-32-30-21-19-17-15-13-11-9-7-2/h17,19,37,39,50H,6-16,18,20-36,38,40-49H2,1-5H3/p+1/b19-17+,39-37+/t50-/m1/s1. The zero-order chi connectivity index (χ0) is 45.7. The van der Waals surface area contributed by atoms with Gasteiger partial charge in [-0.1, -0.05) is 199 Å². The van der Waals surface area contributed by atoms with Crippen LogP contribution in [-0.4, -0.2) is 74.9 Å². The highest BCUT2D eigenvalue weighted by molar-refractivity contribution is 7.47. The van der Waals surface area contributed by atoms with Crippen LogP contribution in [0.2, 0.25) is 0 Å². The third kappa shape index (κ3) is 48.0. The summed E-state index contributed by atoms with van der Waals surface area (Å²) in [5, 5.41) is 0. The van der Waals surface area contributed by atoms with E-state index in [1.54, 1.807) is 0 Å². The van der Waals surface area contributed by atoms with Crippen LogP contribution in [0.25, 0.3) is 0 Å². The minimum atomic E-state index is -4.38. The molecular formula is C52H101NO8P+. The Hall–Kier alpha value is -1.51. The van der Waals surface area contributed by atoms with E-state index in [0.717, 1.165) is 38.5 Å². The molecule has 0 saturated carbocycles. The normalized spacial score (nSPS) is 13.6. The highest BCUT2D eigenvalue weighted by Crippen LogP contribution is 2.43. The first kappa shape index (κ1) is 60.5. The van der Waals surface area contributed by atoms with Crippen LogP contribution in [0.1, 0.15) is 245 Å². The van der Waals surface area contributed by atoms with E-state index in [4.69, 9.17) is 18.5 Å². The zero-order valence-corrected chi connectivity index (χ0v) is 42.3. The van der Waals surface area contributed by atoms with Crippen molar-refractivity contribution >= 4 is 19.8 Å². The summed E-state index contributed by atoms with van der Waals surface area (Å²) in [5.41, 5.74) is 0. The van der Waals surface area contributed by atoms with Gasteiger partial charge in [0.2, 0.25) is 0 Å². The molecule has 0 aliphatic heterocycles. The first-order valence-corrected chi connectivity index (χ1v) is 27.6. The Balaban J connectivity index is 4.23. The predicted octanol–water partition coefficient (Wildman–Crippen LogP) is 15.5. The monoisotopic (exact) mass is 899 g/mol. The number of phosphoric ester groups is 1. The van der Waals surface area contributed by atoms with Crippen molar-refractivity contribution in [2.24, 2.45) is 0 Å². The molecule has 0 heterocycles. The molecule has 0 saturated heterocycles. The maximum absolute atomic E-state index is 12.7. The van der Waals surface area contributed by atoms with E-state index in [2.05, 4.69) is 38.2 Å². The molecular weight excluding hydrogens is 798 g/mol. The topological polar surface area (TPSA) is 108 Å². The quantitative estimate of drug-likeness (QED) is 0.0211. The van der Waals surface area contributed by atoms with Gasteiger partial charge in [0.1, 0.15) is 19.8 Å². The molecule has 1 N–H and O–H groups in total. The van der Waals surface area contributed by atoms with E-state index in [1.807, 2.05) is 21.1 Å². The maximum atomic E-state index is 12.7. The average molecular weight is 899 g/mol. The Bertz CT molecular complexity index is 1110. The highest BCUT2D eigenvalue weighted by Gasteiger charge is 2.27. The first-order chi connectivity index (χ1) is 30.0. The summed E-state index contributed by atoms with van der Waals surface area (Å²) in [6.45, 7) is 4.41. The number of carbonyl (C=O) groups is 2. The summed E-state index contributed by atoms with van der Waals surface area (Å²) >= 11 is 0. The van der Waals surface area contributed by atoms with Crippen molar-refractivity contribution in [2.45, 2.75) is 251 Å². The van der Waals surface area contributed by atoms with Crippen molar-refractivity contribution in [3.63, 3.8) is 0 Å². The number of allylic oxidation sites excluding steroid dienone is 4. The van der Waals surface area contributed by atoms with E-state index in [9.17, 15) is 19.0 Å². The molecule has 10 heteroatoms. The molecule has 0 aromatic rings. The number of ether oxygens (including phenoxy) is 2. The summed E-state index contributed by atoms with van der Waals surface area (Å²) < 4.78 is 34.4. The Labute approximate surface area is 383 Å². The van der Waals surface area contributed by atoms with Gasteiger partial charge in [-0.2, -0.15) is 0 Å². The fourth-order valence-electron chi connectivity index (χ4n) is 7.37. The lowest BCUT2D eigenvalue weighted by atomic mass is 10.0. The molecule has 0 aliphatic rings. The number of esters is 2. The third-order valence-electron chi connectivity index (χ3n) is 11.5. The molecule has 0 fully saturated rings. The van der Waals surface area contributed by atoms with E-state index in [-0.39, 0.29) is 32.0 Å². The second-order valence-corrected chi connectivity index (χ2v) is 20.4. The van der Waals surface area contributed by atoms with Gasteiger partial charge in [-0.3, -0.25) is 18.6 Å². The van der Waals surface area contributed by atoms with Crippen LogP contribution in [-0.2, 0) is 32.7 Å². The number of rotatable bonds is 48. The fraction of sp³-hybridized carbons (Fsp3) is 0.885. The van der Waals surface area contributed by atoms with Crippen LogP contribution in [0.5, 0.6) is 0 Å². The lowest BCUT2D eigenvalue weighted by Gasteiger charge is -2.24. The molecule has 0 aromatic heterocycles. The Kier molecular flexibility index (Phi) is 43.6. The molecule has 0 bridgehead atoms. The summed E-state index contributed by atoms with van der Waals surface area (Å²) in [6.07, 6.45) is 51.0. The molecule has 0 radical (unpaired) electrons. The van der Waals surface area contributed by atoms with Crippen molar-refractivity contribution in [2.75, 3.05) is 47.5 Å². The van der Waals surface area contributed by atoms with Crippen LogP contribution in [0, 0.1) is 0 Å². The number of phosphoric acid groups is 1. The smallest absolute Gasteiger partial charge is 0.462 e. The Morgan fingerprint density at radius 3 is 1.26 bits per heavy atom. The summed E-state index contributed by atoms with van der Waals surface area (Å²) in [7, 11) is 1.47. The number of likely N-dealkylation sites (N-methyl/N-ethyl adjacent to an activating group) is 1. The van der Waals surface area contributed by atoms with E-state index < -0.39 is 26.5 Å². The lowest BCUT2D eigenvalue weighted by molar-refractivity contribution is -0.870. The maximum Gasteiger partial charge on any atom is 0.472 e. The molecule has 0 spiro atoms. The molecule has 0 aliphatic carbocycles. The molecule has 9 nitrogen and oxygen atoms in total. The summed E-state index contributed by atoms with van der Waals surface area (Å²) in [4.78, 5) is 35.5. The second-order valence-electron chi connectivity index (χ2n) is 18.9. The van der Waals surface area contributed by atoms with Gasteiger partial charge >= 0.3 is 19.8 Å². The van der Waals surface area contributed by atoms with Gasteiger partial charge in [0.15, 0.2) is 6.10 Å². The lowest BCUT2D eigenvalue weighted by Crippen LogP contribution is -2.37. The van der Waals surface area contributed by atoms with Crippen LogP contribution < -0.4 is 0 Å². The molecule has 2 atom stereocenters. The SMILES string of the molecule is CCCCCC/C=C/CCCCCCCCCC(=O)OC[C@H](COP(=O)(O)OCC[N+](C)(C)C)OC(=O)CCC/C=C/CCCCCCCCCCCCCCCCCCCC. The van der Waals surface area contributed by atoms with Gasteiger partial charge in [0.25, 0.3) is 0 Å². The Morgan fingerprint density at radius 2 is 0.839 bits per heavy atom. The van der Waals surface area contributed by atoms with Crippen LogP contribution >= 0.6 is 7.82 Å². The van der Waals surface area contributed by atoms with Crippen molar-refractivity contribution < 1.29 is 42.1 Å². The molecule has 0 rings (SSSR count). The molecule has 366 valence electrons. The number of hydrogen-bond donors (Lipinski definition) is 1. The van der Waals surface area contributed by atoms with E-state index >= 15 is 0 Å². The third-order valence-corrected chi connectivity index (χ3v) is 12.4. The summed E-state index contributed by atoms with van der Waals surface area (Å²) in [5.74, 6) is -0.831. The largest absolute Gasteiger partial charge is 0.472 e. The molecule has 0 aromatic carbocycles. The number of hydrogen-bond acceptors (Lipinski definition) is 7. The van der Waals surface area contributed by atoms with Crippen LogP contribution in [0.4, 0.5) is 0 Å². The minimum Gasteiger partial charge on any atom is -0.462 e. The van der Waals surface area contributed by atoms with Crippen LogP contribution in [0.15, 0.2) is 24.3 Å². The van der Waals surface area contributed by atoms with Crippen molar-refractivity contribution in [1.29, 1.82) is 0 Å². The van der Waals surface area contributed by atoms with Gasteiger partial charge in [-0.05, 0) is 57.8 Å². The predicted molar refractivity (Wildman–Crippen MR) is 261 cm³/mol. The average Bonchev–Trinajstić information content (AvgIpc) is 3.23. The fourth-order valence-corrected chi connectivity index (χ4v) is 8.11. The second kappa shape index (κ2) is 44.7. The molecule has 0 amide bonds. The van der Waals surface area contributed by atoms with Gasteiger partial charge in [-0.25, -0.2) is 4.57 Å².